The Balaban J connectivity index is 2.28. The molecule has 2 N–H and O–H groups in total. The molecule has 2 rings (SSSR count). The molecule has 0 radical (unpaired) electrons. The maximum atomic E-state index is 5.61. The molecule has 1 aromatic heterocycles. The Morgan fingerprint density at radius 1 is 1.35 bits per heavy atom. The molecule has 2 aromatic rings. The maximum absolute atomic E-state index is 5.61. The Morgan fingerprint density at radius 2 is 2.12 bits per heavy atom. The molecule has 0 aliphatic carbocycles. The van der Waals surface area contributed by atoms with Crippen LogP contribution in [0.2, 0.25) is 0 Å². The quantitative estimate of drug-likeness (QED) is 0.843. The molecule has 0 saturated heterocycles. The summed E-state index contributed by atoms with van der Waals surface area (Å²) in [7, 11) is 0. The minimum atomic E-state index is 0.332. The van der Waals surface area contributed by atoms with Crippen LogP contribution in [-0.2, 0) is 6.54 Å². The van der Waals surface area contributed by atoms with Crippen molar-refractivity contribution in [1.29, 1.82) is 0 Å². The van der Waals surface area contributed by atoms with E-state index >= 15 is 0 Å². The molecule has 0 spiro atoms. The van der Waals surface area contributed by atoms with Gasteiger partial charge in [-0.25, -0.2) is 4.98 Å². The molecule has 4 heteroatoms. The number of nitrogens with zero attached hydrogens (tertiary/aromatic N) is 2. The zero-order valence-corrected chi connectivity index (χ0v) is 10.8. The van der Waals surface area contributed by atoms with Gasteiger partial charge in [-0.15, -0.1) is 0 Å². The van der Waals surface area contributed by atoms with Crippen molar-refractivity contribution in [2.24, 2.45) is 5.73 Å². The first-order valence-corrected chi connectivity index (χ1v) is 5.86. The number of nitrogens with two attached hydrogens (primary N) is 1. The summed E-state index contributed by atoms with van der Waals surface area (Å²) < 4.78 is 1.96. The minimum absolute atomic E-state index is 0.332. The fourth-order valence-electron chi connectivity index (χ4n) is 1.76. The van der Waals surface area contributed by atoms with E-state index in [-0.39, 0.29) is 0 Å². The van der Waals surface area contributed by atoms with Crippen LogP contribution < -0.4 is 5.73 Å². The van der Waals surface area contributed by atoms with Crippen molar-refractivity contribution in [1.82, 2.24) is 9.55 Å². The monoisotopic (exact) mass is 245 g/mol. The van der Waals surface area contributed by atoms with Crippen LogP contribution in [0.3, 0.4) is 0 Å². The normalized spacial score (nSPS) is 10.5. The van der Waals surface area contributed by atoms with E-state index in [1.165, 1.54) is 16.7 Å². The van der Waals surface area contributed by atoms with Gasteiger partial charge in [-0.2, -0.15) is 0 Å². The smallest absolute Gasteiger partial charge is 0.167 e. The van der Waals surface area contributed by atoms with Gasteiger partial charge in [0, 0.05) is 18.9 Å². The molecule has 17 heavy (non-hydrogen) atoms. The van der Waals surface area contributed by atoms with Crippen molar-refractivity contribution in [3.63, 3.8) is 0 Å². The van der Waals surface area contributed by atoms with E-state index in [1.807, 2.05) is 10.8 Å². The third-order valence-corrected chi connectivity index (χ3v) is 3.04. The average Bonchev–Trinajstić information content (AvgIpc) is 2.72. The Hall–Kier alpha value is -1.68. The fraction of sp³-hybridized carbons (Fsp3) is 0.231. The number of thiocarbonyl (C=S) groups is 1. The third-order valence-electron chi connectivity index (χ3n) is 2.86. The molecular weight excluding hydrogens is 230 g/mol. The van der Waals surface area contributed by atoms with Gasteiger partial charge in [0.05, 0.1) is 0 Å². The Bertz CT molecular complexity index is 558. The molecule has 0 fully saturated rings. The van der Waals surface area contributed by atoms with Gasteiger partial charge < -0.3 is 10.3 Å². The van der Waals surface area contributed by atoms with Gasteiger partial charge in [0.25, 0.3) is 0 Å². The van der Waals surface area contributed by atoms with E-state index in [4.69, 9.17) is 18.0 Å². The SMILES string of the molecule is Cc1ccc(Cn2ccnc2C(N)=S)cc1C. The van der Waals surface area contributed by atoms with Crippen LogP contribution >= 0.6 is 12.2 Å². The number of aromatic nitrogens is 2. The first-order valence-electron chi connectivity index (χ1n) is 5.45. The summed E-state index contributed by atoms with van der Waals surface area (Å²) in [6, 6.07) is 6.42. The zero-order chi connectivity index (χ0) is 12.4. The van der Waals surface area contributed by atoms with Crippen molar-refractivity contribution >= 4 is 17.2 Å². The van der Waals surface area contributed by atoms with Crippen molar-refractivity contribution in [3.8, 4) is 0 Å². The first-order chi connectivity index (χ1) is 8.08. The molecule has 1 heterocycles. The van der Waals surface area contributed by atoms with E-state index < -0.39 is 0 Å². The van der Waals surface area contributed by atoms with Crippen molar-refractivity contribution in [3.05, 3.63) is 53.1 Å². The summed E-state index contributed by atoms with van der Waals surface area (Å²) in [5.41, 5.74) is 9.43. The highest BCUT2D eigenvalue weighted by Crippen LogP contribution is 2.12. The molecule has 0 aliphatic rings. The highest BCUT2D eigenvalue weighted by atomic mass is 32.1. The number of imidazole rings is 1. The molecule has 0 amide bonds. The summed E-state index contributed by atoms with van der Waals surface area (Å²) in [5, 5.41) is 0. The van der Waals surface area contributed by atoms with Crippen LogP contribution in [0.1, 0.15) is 22.5 Å². The zero-order valence-electron chi connectivity index (χ0n) is 9.97. The Morgan fingerprint density at radius 3 is 2.76 bits per heavy atom. The van der Waals surface area contributed by atoms with Crippen LogP contribution in [0.15, 0.2) is 30.6 Å². The highest BCUT2D eigenvalue weighted by molar-refractivity contribution is 7.80. The fourth-order valence-corrected chi connectivity index (χ4v) is 1.93. The van der Waals surface area contributed by atoms with Crippen LogP contribution in [0, 0.1) is 13.8 Å². The van der Waals surface area contributed by atoms with Gasteiger partial charge in [-0.3, -0.25) is 0 Å². The average molecular weight is 245 g/mol. The number of hydrogen-bond donors (Lipinski definition) is 1. The molecule has 3 nitrogen and oxygen atoms in total. The van der Waals surface area contributed by atoms with Crippen molar-refractivity contribution in [2.45, 2.75) is 20.4 Å². The van der Waals surface area contributed by atoms with Crippen LogP contribution in [0.5, 0.6) is 0 Å². The lowest BCUT2D eigenvalue weighted by molar-refractivity contribution is 0.787. The lowest BCUT2D eigenvalue weighted by Gasteiger charge is -2.08. The number of aryl methyl sites for hydroxylation is 2. The van der Waals surface area contributed by atoms with Gasteiger partial charge in [-0.05, 0) is 30.5 Å². The standard InChI is InChI=1S/C13H15N3S/c1-9-3-4-11(7-10(9)2)8-16-6-5-15-13(16)12(14)17/h3-7H,8H2,1-2H3,(H2,14,17). The van der Waals surface area contributed by atoms with E-state index in [9.17, 15) is 0 Å². The maximum Gasteiger partial charge on any atom is 0.167 e. The van der Waals surface area contributed by atoms with Crippen LogP contribution in [-0.4, -0.2) is 14.5 Å². The van der Waals surface area contributed by atoms with E-state index in [0.717, 1.165) is 6.54 Å². The largest absolute Gasteiger partial charge is 0.387 e. The second kappa shape index (κ2) is 4.67. The second-order valence-corrected chi connectivity index (χ2v) is 4.60. The summed E-state index contributed by atoms with van der Waals surface area (Å²) in [6.07, 6.45) is 3.61. The summed E-state index contributed by atoms with van der Waals surface area (Å²) in [6.45, 7) is 4.96. The van der Waals surface area contributed by atoms with Gasteiger partial charge >= 0.3 is 0 Å². The molecule has 1 aromatic carbocycles. The molecule has 0 saturated carbocycles. The van der Waals surface area contributed by atoms with E-state index in [0.29, 0.717) is 10.8 Å². The molecule has 0 unspecified atom stereocenters. The molecular formula is C13H15N3S. The summed E-state index contributed by atoms with van der Waals surface area (Å²) in [4.78, 5) is 4.48. The highest BCUT2D eigenvalue weighted by Gasteiger charge is 2.06. The second-order valence-electron chi connectivity index (χ2n) is 4.16. The van der Waals surface area contributed by atoms with E-state index in [2.05, 4.69) is 37.0 Å². The molecule has 88 valence electrons. The van der Waals surface area contributed by atoms with Crippen molar-refractivity contribution in [2.75, 3.05) is 0 Å². The van der Waals surface area contributed by atoms with Crippen molar-refractivity contribution < 1.29 is 0 Å². The summed E-state index contributed by atoms with van der Waals surface area (Å²) in [5.74, 6) is 0.665. The lowest BCUT2D eigenvalue weighted by atomic mass is 10.1. The topological polar surface area (TPSA) is 43.8 Å². The van der Waals surface area contributed by atoms with Gasteiger partial charge in [0.2, 0.25) is 0 Å². The van der Waals surface area contributed by atoms with Crippen LogP contribution in [0.25, 0.3) is 0 Å². The first kappa shape index (κ1) is 11.8. The molecule has 0 aliphatic heterocycles. The lowest BCUT2D eigenvalue weighted by Crippen LogP contribution is -2.17. The Kier molecular flexibility index (Phi) is 3.24. The molecule has 0 atom stereocenters. The predicted octanol–water partition coefficient (Wildman–Crippen LogP) is 2.18. The van der Waals surface area contributed by atoms with Gasteiger partial charge in [-0.1, -0.05) is 30.4 Å². The summed E-state index contributed by atoms with van der Waals surface area (Å²) >= 11 is 4.96. The Labute approximate surface area is 106 Å². The van der Waals surface area contributed by atoms with Gasteiger partial charge in [0.15, 0.2) is 5.82 Å². The third kappa shape index (κ3) is 2.53. The minimum Gasteiger partial charge on any atom is -0.387 e. The predicted molar refractivity (Wildman–Crippen MR) is 73.1 cm³/mol. The van der Waals surface area contributed by atoms with Gasteiger partial charge in [0.1, 0.15) is 4.99 Å². The van der Waals surface area contributed by atoms with Crippen LogP contribution in [0.4, 0.5) is 0 Å². The number of hydrogen-bond acceptors (Lipinski definition) is 2. The number of benzene rings is 1. The number of rotatable bonds is 3. The molecule has 0 bridgehead atoms. The van der Waals surface area contributed by atoms with E-state index in [1.54, 1.807) is 6.20 Å².